The van der Waals surface area contributed by atoms with Crippen molar-refractivity contribution in [1.29, 1.82) is 0 Å². The monoisotopic (exact) mass is 372 g/mol. The molecule has 2 bridgehead atoms. The molecule has 0 saturated carbocycles. The van der Waals surface area contributed by atoms with Crippen molar-refractivity contribution in [1.82, 2.24) is 14.7 Å². The van der Waals surface area contributed by atoms with Crippen LogP contribution >= 0.6 is 0 Å². The van der Waals surface area contributed by atoms with Crippen molar-refractivity contribution < 1.29 is 14.3 Å². The van der Waals surface area contributed by atoms with E-state index in [2.05, 4.69) is 17.3 Å². The van der Waals surface area contributed by atoms with Crippen LogP contribution in [0.2, 0.25) is 0 Å². The molecule has 1 N–H and O–H groups in total. The Morgan fingerprint density at radius 2 is 2.26 bits per heavy atom. The van der Waals surface area contributed by atoms with Crippen molar-refractivity contribution in [2.45, 2.75) is 64.8 Å². The third kappa shape index (κ3) is 2.71. The van der Waals surface area contributed by atoms with Gasteiger partial charge in [0.25, 0.3) is 0 Å². The highest BCUT2D eigenvalue weighted by Gasteiger charge is 2.67. The number of nitrogens with one attached hydrogen (secondary N) is 1. The van der Waals surface area contributed by atoms with Crippen LogP contribution < -0.4 is 5.32 Å². The van der Waals surface area contributed by atoms with Crippen molar-refractivity contribution in [2.24, 2.45) is 11.8 Å². The largest absolute Gasteiger partial charge is 0.360 e. The molecule has 0 unspecified atom stereocenters. The van der Waals surface area contributed by atoms with Gasteiger partial charge < -0.3 is 15.0 Å². The summed E-state index contributed by atoms with van der Waals surface area (Å²) >= 11 is 0. The van der Waals surface area contributed by atoms with Crippen LogP contribution in [0.15, 0.2) is 18.3 Å². The average molecular weight is 372 g/mol. The molecule has 2 amide bonds. The number of fused-ring (bicyclic) bond motifs is 1. The van der Waals surface area contributed by atoms with Gasteiger partial charge >= 0.3 is 0 Å². The minimum atomic E-state index is -0.647. The SMILES string of the molecule is CCCCn1ncc(C)c1NC(=O)[C@H]1[C@@H]2C=C[C@@]3(CN(C(C)C)C(=O)[C@@H]13)O2. The summed E-state index contributed by atoms with van der Waals surface area (Å²) in [6, 6.07) is 0.0926. The van der Waals surface area contributed by atoms with Gasteiger partial charge in [-0.25, -0.2) is 4.68 Å². The highest BCUT2D eigenvalue weighted by atomic mass is 16.5. The van der Waals surface area contributed by atoms with Crippen LogP contribution in [0.4, 0.5) is 5.82 Å². The minimum absolute atomic E-state index is 0.0215. The molecule has 4 heterocycles. The molecule has 146 valence electrons. The van der Waals surface area contributed by atoms with Crippen molar-refractivity contribution in [2.75, 3.05) is 11.9 Å². The zero-order valence-electron chi connectivity index (χ0n) is 16.4. The van der Waals surface area contributed by atoms with Gasteiger partial charge in [0.2, 0.25) is 11.8 Å². The Labute approximate surface area is 159 Å². The summed E-state index contributed by atoms with van der Waals surface area (Å²) in [5.74, 6) is -0.354. The van der Waals surface area contributed by atoms with Crippen molar-refractivity contribution in [3.05, 3.63) is 23.9 Å². The molecule has 0 radical (unpaired) electrons. The van der Waals surface area contributed by atoms with Crippen molar-refractivity contribution >= 4 is 17.6 Å². The third-order valence-electron chi connectivity index (χ3n) is 6.04. The van der Waals surface area contributed by atoms with Gasteiger partial charge in [0.05, 0.1) is 30.7 Å². The second kappa shape index (κ2) is 6.48. The molecule has 1 spiro atoms. The van der Waals surface area contributed by atoms with Crippen molar-refractivity contribution in [3.8, 4) is 0 Å². The quantitative estimate of drug-likeness (QED) is 0.776. The fourth-order valence-electron chi connectivity index (χ4n) is 4.58. The molecule has 0 aromatic carbocycles. The van der Waals surface area contributed by atoms with Gasteiger partial charge in [-0.1, -0.05) is 25.5 Å². The topological polar surface area (TPSA) is 76.5 Å². The molecule has 1 aromatic heterocycles. The molecular formula is C20H28N4O3. The van der Waals surface area contributed by atoms with Crippen molar-refractivity contribution in [3.63, 3.8) is 0 Å². The second-order valence-electron chi connectivity index (χ2n) is 8.20. The lowest BCUT2D eigenvalue weighted by Gasteiger charge is -2.24. The molecule has 2 saturated heterocycles. The van der Waals surface area contributed by atoms with E-state index in [9.17, 15) is 9.59 Å². The molecule has 3 aliphatic heterocycles. The average Bonchev–Trinajstić information content (AvgIpc) is 3.35. The fourth-order valence-corrected chi connectivity index (χ4v) is 4.58. The van der Waals surface area contributed by atoms with E-state index in [4.69, 9.17) is 4.74 Å². The number of ether oxygens (including phenoxy) is 1. The van der Waals surface area contributed by atoms with E-state index in [1.165, 1.54) is 0 Å². The molecule has 27 heavy (non-hydrogen) atoms. The molecule has 4 atom stereocenters. The van der Waals surface area contributed by atoms with Crippen LogP contribution in [0.25, 0.3) is 0 Å². The zero-order chi connectivity index (χ0) is 19.3. The molecule has 3 aliphatic rings. The van der Waals surface area contributed by atoms with E-state index in [0.717, 1.165) is 30.8 Å². The molecule has 4 rings (SSSR count). The van der Waals surface area contributed by atoms with E-state index in [0.29, 0.717) is 6.54 Å². The number of aromatic nitrogens is 2. The second-order valence-corrected chi connectivity index (χ2v) is 8.20. The van der Waals surface area contributed by atoms with Gasteiger partial charge in [-0.05, 0) is 27.2 Å². The molecule has 7 heteroatoms. The molecule has 0 aliphatic carbocycles. The van der Waals surface area contributed by atoms with Gasteiger partial charge in [-0.3, -0.25) is 9.59 Å². The smallest absolute Gasteiger partial charge is 0.232 e. The first kappa shape index (κ1) is 18.2. The van der Waals surface area contributed by atoms with E-state index in [-0.39, 0.29) is 24.0 Å². The lowest BCUT2D eigenvalue weighted by molar-refractivity contribution is -0.137. The number of likely N-dealkylation sites (tertiary alicyclic amines) is 1. The van der Waals surface area contributed by atoms with Crippen LogP contribution in [0.1, 0.15) is 39.2 Å². The third-order valence-corrected chi connectivity index (χ3v) is 6.04. The first-order valence-electron chi connectivity index (χ1n) is 9.89. The van der Waals surface area contributed by atoms with Crippen LogP contribution in [0.3, 0.4) is 0 Å². The normalized spacial score (nSPS) is 31.2. The number of nitrogens with zero attached hydrogens (tertiary/aromatic N) is 3. The summed E-state index contributed by atoms with van der Waals surface area (Å²) in [5, 5.41) is 7.42. The lowest BCUT2D eigenvalue weighted by Crippen LogP contribution is -2.42. The molecule has 1 aromatic rings. The molecule has 2 fully saturated rings. The molecule has 7 nitrogen and oxygen atoms in total. The van der Waals surface area contributed by atoms with Gasteiger partial charge in [0.1, 0.15) is 11.4 Å². The van der Waals surface area contributed by atoms with Gasteiger partial charge in [-0.15, -0.1) is 0 Å². The van der Waals surface area contributed by atoms with Crippen LogP contribution in [-0.4, -0.2) is 50.8 Å². The Kier molecular flexibility index (Phi) is 4.37. The van der Waals surface area contributed by atoms with E-state index < -0.39 is 17.4 Å². The van der Waals surface area contributed by atoms with Gasteiger partial charge in [0.15, 0.2) is 0 Å². The highest BCUT2D eigenvalue weighted by molar-refractivity contribution is 5.99. The number of hydrogen-bond acceptors (Lipinski definition) is 4. The number of amides is 2. The summed E-state index contributed by atoms with van der Waals surface area (Å²) in [4.78, 5) is 28.1. The Morgan fingerprint density at radius 3 is 2.96 bits per heavy atom. The maximum atomic E-state index is 13.2. The standard InChI is InChI=1S/C20H28N4O3/c1-5-6-9-24-17(13(4)10-21-24)22-18(25)15-14-7-8-20(27-14)11-23(12(2)3)19(26)16(15)20/h7-8,10,12,14-16H,5-6,9,11H2,1-4H3,(H,22,25)/t14-,15-,16+,20-/m0/s1. The Morgan fingerprint density at radius 1 is 1.48 bits per heavy atom. The highest BCUT2D eigenvalue weighted by Crippen LogP contribution is 2.52. The molecular weight excluding hydrogens is 344 g/mol. The summed E-state index contributed by atoms with van der Waals surface area (Å²) < 4.78 is 8.00. The zero-order valence-corrected chi connectivity index (χ0v) is 16.4. The number of rotatable bonds is 6. The Hall–Kier alpha value is -2.15. The predicted octanol–water partition coefficient (Wildman–Crippen LogP) is 2.12. The first-order valence-corrected chi connectivity index (χ1v) is 9.89. The van der Waals surface area contributed by atoms with Crippen LogP contribution in [0, 0.1) is 18.8 Å². The van der Waals surface area contributed by atoms with Gasteiger partial charge in [-0.2, -0.15) is 5.10 Å². The number of aryl methyl sites for hydroxylation is 2. The Bertz CT molecular complexity index is 799. The number of unbranched alkanes of at least 4 members (excludes halogenated alkanes) is 1. The van der Waals surface area contributed by atoms with E-state index >= 15 is 0 Å². The maximum absolute atomic E-state index is 13.2. The fraction of sp³-hybridized carbons (Fsp3) is 0.650. The first-order chi connectivity index (χ1) is 12.9. The van der Waals surface area contributed by atoms with E-state index in [1.54, 1.807) is 6.20 Å². The summed E-state index contributed by atoms with van der Waals surface area (Å²) in [6.45, 7) is 9.34. The Balaban J connectivity index is 1.58. The number of anilines is 1. The summed E-state index contributed by atoms with van der Waals surface area (Å²) in [6.07, 6.45) is 7.42. The van der Waals surface area contributed by atoms with Crippen LogP contribution in [0.5, 0.6) is 0 Å². The minimum Gasteiger partial charge on any atom is -0.360 e. The predicted molar refractivity (Wildman–Crippen MR) is 101 cm³/mol. The number of carbonyl (C=O) groups is 2. The number of carbonyl (C=O) groups excluding carboxylic acids is 2. The summed E-state index contributed by atoms with van der Waals surface area (Å²) in [5.41, 5.74) is 0.279. The van der Waals surface area contributed by atoms with Gasteiger partial charge in [0, 0.05) is 18.2 Å². The maximum Gasteiger partial charge on any atom is 0.232 e. The summed E-state index contributed by atoms with van der Waals surface area (Å²) in [7, 11) is 0. The lowest BCUT2D eigenvalue weighted by atomic mass is 9.77. The number of hydrogen-bond donors (Lipinski definition) is 1. The van der Waals surface area contributed by atoms with E-state index in [1.807, 2.05) is 42.5 Å². The van der Waals surface area contributed by atoms with Crippen LogP contribution in [-0.2, 0) is 20.9 Å².